The third-order valence-corrected chi connectivity index (χ3v) is 6.12. The molecule has 2 aliphatic rings. The number of nitrogens with two attached hydrogens (primary N) is 1. The van der Waals surface area contributed by atoms with Crippen molar-refractivity contribution in [1.29, 1.82) is 0 Å². The van der Waals surface area contributed by atoms with Gasteiger partial charge in [0.15, 0.2) is 0 Å². The third kappa shape index (κ3) is 3.75. The van der Waals surface area contributed by atoms with E-state index in [-0.39, 0.29) is 16.9 Å². The Bertz CT molecular complexity index is 577. The summed E-state index contributed by atoms with van der Waals surface area (Å²) >= 11 is 4.98. The summed E-state index contributed by atoms with van der Waals surface area (Å²) in [5.41, 5.74) is 8.66. The summed E-state index contributed by atoms with van der Waals surface area (Å²) in [4.78, 5) is 1.18. The van der Waals surface area contributed by atoms with Gasteiger partial charge in [0, 0.05) is 16.9 Å². The van der Waals surface area contributed by atoms with Crippen molar-refractivity contribution in [3.63, 3.8) is 0 Å². The van der Waals surface area contributed by atoms with E-state index in [9.17, 15) is 0 Å². The maximum Gasteiger partial charge on any atom is 0.0385 e. The Morgan fingerprint density at radius 2 is 2.17 bits per heavy atom. The first kappa shape index (κ1) is 18.4. The van der Waals surface area contributed by atoms with Gasteiger partial charge in [-0.2, -0.15) is 0 Å². The average molecular weight is 330 g/mol. The quantitative estimate of drug-likeness (QED) is 0.489. The molecule has 0 saturated heterocycles. The normalized spacial score (nSPS) is 34.4. The molecular weight excluding hydrogens is 298 g/mol. The molecule has 0 radical (unpaired) electrons. The van der Waals surface area contributed by atoms with Crippen LogP contribution in [0.4, 0.5) is 0 Å². The molecule has 0 spiro atoms. The van der Waals surface area contributed by atoms with Gasteiger partial charge in [0.05, 0.1) is 0 Å². The Morgan fingerprint density at radius 3 is 2.83 bits per heavy atom. The zero-order valence-corrected chi connectivity index (χ0v) is 15.7. The highest BCUT2D eigenvalue weighted by atomic mass is 32.1. The monoisotopic (exact) mass is 329 g/mol. The van der Waals surface area contributed by atoms with Crippen LogP contribution in [0.25, 0.3) is 0 Å². The van der Waals surface area contributed by atoms with E-state index in [2.05, 4.69) is 63.8 Å². The molecule has 0 aliphatic heterocycles. The molecule has 0 amide bonds. The number of thiol groups is 1. The molecule has 2 heteroatoms. The Balaban J connectivity index is 2.35. The zero-order valence-electron chi connectivity index (χ0n) is 14.8. The van der Waals surface area contributed by atoms with Gasteiger partial charge >= 0.3 is 0 Å². The van der Waals surface area contributed by atoms with Gasteiger partial charge in [0.25, 0.3) is 0 Å². The third-order valence-electron chi connectivity index (χ3n) is 5.34. The largest absolute Gasteiger partial charge is 0.322 e. The lowest BCUT2D eigenvalue weighted by molar-refractivity contribution is 0.196. The molecule has 0 bridgehead atoms. The molecule has 0 aromatic carbocycles. The van der Waals surface area contributed by atoms with E-state index in [4.69, 9.17) is 18.4 Å². The van der Waals surface area contributed by atoms with E-state index in [0.717, 1.165) is 24.8 Å². The van der Waals surface area contributed by atoms with Crippen LogP contribution in [0.1, 0.15) is 52.9 Å². The van der Waals surface area contributed by atoms with Crippen LogP contribution in [0, 0.1) is 11.3 Å². The zero-order chi connectivity index (χ0) is 17.1. The van der Waals surface area contributed by atoms with E-state index in [1.165, 1.54) is 23.3 Å². The number of rotatable bonds is 5. The summed E-state index contributed by atoms with van der Waals surface area (Å²) in [5.74, 6) is 0.259. The van der Waals surface area contributed by atoms with Gasteiger partial charge in [-0.25, -0.2) is 0 Å². The predicted molar refractivity (Wildman–Crippen MR) is 106 cm³/mol. The van der Waals surface area contributed by atoms with Gasteiger partial charge in [0.1, 0.15) is 0 Å². The molecule has 3 atom stereocenters. The van der Waals surface area contributed by atoms with E-state index < -0.39 is 0 Å². The van der Waals surface area contributed by atoms with E-state index in [1.807, 2.05) is 0 Å². The molecule has 2 rings (SSSR count). The van der Waals surface area contributed by atoms with Crippen molar-refractivity contribution in [2.24, 2.45) is 17.1 Å². The highest BCUT2D eigenvalue weighted by molar-refractivity contribution is 7.84. The summed E-state index contributed by atoms with van der Waals surface area (Å²) in [6, 6.07) is 0. The molecule has 126 valence electrons. The maximum atomic E-state index is 6.59. The molecule has 0 aromatic heterocycles. The van der Waals surface area contributed by atoms with Gasteiger partial charge in [-0.05, 0) is 48.7 Å². The van der Waals surface area contributed by atoms with Crippen molar-refractivity contribution >= 4 is 12.6 Å². The molecule has 0 heterocycles. The summed E-state index contributed by atoms with van der Waals surface area (Å²) in [6.45, 7) is 10.9. The second kappa shape index (κ2) is 7.27. The Labute approximate surface area is 147 Å². The molecule has 0 aromatic rings. The highest BCUT2D eigenvalue weighted by Gasteiger charge is 2.45. The maximum absolute atomic E-state index is 6.59. The van der Waals surface area contributed by atoms with Crippen molar-refractivity contribution < 1.29 is 0 Å². The van der Waals surface area contributed by atoms with Crippen LogP contribution in [-0.2, 0) is 0 Å². The van der Waals surface area contributed by atoms with Crippen LogP contribution >= 0.6 is 12.6 Å². The van der Waals surface area contributed by atoms with Gasteiger partial charge in [-0.3, -0.25) is 0 Å². The lowest BCUT2D eigenvalue weighted by Crippen LogP contribution is -2.50. The Kier molecular flexibility index (Phi) is 5.80. The van der Waals surface area contributed by atoms with Crippen molar-refractivity contribution in [3.8, 4) is 0 Å². The van der Waals surface area contributed by atoms with Gasteiger partial charge in [-0.1, -0.05) is 63.3 Å². The molecule has 0 saturated carbocycles. The fraction of sp³-hybridized carbons (Fsp3) is 0.524. The smallest absolute Gasteiger partial charge is 0.0385 e. The summed E-state index contributed by atoms with van der Waals surface area (Å²) in [7, 11) is 0. The Morgan fingerprint density at radius 1 is 1.43 bits per heavy atom. The number of hydrogen-bond donors (Lipinski definition) is 2. The fourth-order valence-electron chi connectivity index (χ4n) is 3.97. The predicted octanol–water partition coefficient (Wildman–Crippen LogP) is 5.73. The van der Waals surface area contributed by atoms with Crippen LogP contribution in [0.15, 0.2) is 59.1 Å². The van der Waals surface area contributed by atoms with Gasteiger partial charge in [-0.15, -0.1) is 12.6 Å². The first-order chi connectivity index (χ1) is 10.8. The summed E-state index contributed by atoms with van der Waals surface area (Å²) < 4.78 is 0. The number of hydrogen-bond acceptors (Lipinski definition) is 2. The van der Waals surface area contributed by atoms with E-state index in [0.29, 0.717) is 0 Å². The van der Waals surface area contributed by atoms with Crippen LogP contribution in [-0.4, -0.2) is 5.54 Å². The first-order valence-corrected chi connectivity index (χ1v) is 9.21. The minimum absolute atomic E-state index is 0.0248. The topological polar surface area (TPSA) is 26.0 Å². The van der Waals surface area contributed by atoms with Gasteiger partial charge in [0.2, 0.25) is 0 Å². The number of allylic oxidation sites excluding steroid dienone is 7. The second-order valence-electron chi connectivity index (χ2n) is 7.40. The van der Waals surface area contributed by atoms with Crippen LogP contribution in [0.3, 0.4) is 0 Å². The van der Waals surface area contributed by atoms with E-state index >= 15 is 0 Å². The minimum Gasteiger partial charge on any atom is -0.322 e. The molecule has 1 nitrogen and oxygen atoms in total. The van der Waals surface area contributed by atoms with Crippen molar-refractivity contribution in [3.05, 3.63) is 59.1 Å². The lowest BCUT2D eigenvalue weighted by atomic mass is 9.61. The van der Waals surface area contributed by atoms with Crippen LogP contribution < -0.4 is 5.73 Å². The second-order valence-corrected chi connectivity index (χ2v) is 7.85. The average Bonchev–Trinajstić information content (AvgIpc) is 2.49. The summed E-state index contributed by atoms with van der Waals surface area (Å²) in [6.07, 6.45) is 18.6. The molecule has 2 N–H and O–H groups in total. The van der Waals surface area contributed by atoms with Crippen molar-refractivity contribution in [2.75, 3.05) is 0 Å². The fourth-order valence-corrected chi connectivity index (χ4v) is 4.48. The SMILES string of the molecule is C=C(/C=C\CCC)C1=C(S)[C@@](C)(C2C=CC=CC2(C)N)CCC1. The van der Waals surface area contributed by atoms with Crippen molar-refractivity contribution in [1.82, 2.24) is 0 Å². The van der Waals surface area contributed by atoms with Crippen molar-refractivity contribution in [2.45, 2.75) is 58.4 Å². The molecule has 2 aliphatic carbocycles. The molecule has 0 fully saturated rings. The summed E-state index contributed by atoms with van der Waals surface area (Å²) in [5, 5.41) is 0. The standard InChI is InChI=1S/C21H31NS/c1-5-6-7-11-16(2)17-12-10-14-20(3,19(17)23)18-13-8-9-15-21(18,4)22/h7-9,11,13,15,18,23H,2,5-6,10,12,14,22H2,1,3-4H3/b11-7-/t18?,20-,21?/m1/s1. The number of unbranched alkanes of at least 4 members (excludes halogenated alkanes) is 1. The van der Waals surface area contributed by atoms with Gasteiger partial charge < -0.3 is 5.73 Å². The van der Waals surface area contributed by atoms with Crippen LogP contribution in [0.5, 0.6) is 0 Å². The minimum atomic E-state index is -0.334. The highest BCUT2D eigenvalue weighted by Crippen LogP contribution is 2.53. The Hall–Kier alpha value is -0.990. The lowest BCUT2D eigenvalue weighted by Gasteiger charge is -2.48. The molecular formula is C21H31NS. The molecule has 2 unspecified atom stereocenters. The molecule has 23 heavy (non-hydrogen) atoms. The first-order valence-electron chi connectivity index (χ1n) is 8.76. The van der Waals surface area contributed by atoms with E-state index in [1.54, 1.807) is 0 Å². The van der Waals surface area contributed by atoms with Crippen LogP contribution in [0.2, 0.25) is 0 Å².